The second-order valence-electron chi connectivity index (χ2n) is 8.92. The number of benzene rings is 2. The molecule has 2 aliphatic carbocycles. The fraction of sp³-hybridized carbons (Fsp3) is 0.480. The van der Waals surface area contributed by atoms with Crippen LogP contribution in [0.5, 0.6) is 0 Å². The molecule has 0 heterocycles. The van der Waals surface area contributed by atoms with E-state index in [-0.39, 0.29) is 12.1 Å². The van der Waals surface area contributed by atoms with Crippen LogP contribution >= 0.6 is 0 Å². The van der Waals surface area contributed by atoms with Crippen molar-refractivity contribution in [2.24, 2.45) is 0 Å². The first kappa shape index (κ1) is 21.4. The number of carbonyl (C=O) groups is 1. The molecule has 2 aromatic carbocycles. The van der Waals surface area contributed by atoms with Crippen LogP contribution < -0.4 is 5.32 Å². The van der Waals surface area contributed by atoms with Crippen LogP contribution in [0.1, 0.15) is 68.0 Å². The van der Waals surface area contributed by atoms with E-state index in [1.807, 2.05) is 40.9 Å². The summed E-state index contributed by atoms with van der Waals surface area (Å²) in [5, 5.41) is 3.32. The van der Waals surface area contributed by atoms with E-state index in [0.29, 0.717) is 6.04 Å². The second-order valence-corrected chi connectivity index (χ2v) is 8.92. The fourth-order valence-corrected chi connectivity index (χ4v) is 4.26. The van der Waals surface area contributed by atoms with E-state index in [1.165, 1.54) is 35.1 Å². The molecule has 1 N–H and O–H groups in total. The van der Waals surface area contributed by atoms with Gasteiger partial charge in [-0.25, -0.2) is 4.79 Å². The second kappa shape index (κ2) is 9.00. The normalized spacial score (nSPS) is 19.6. The topological polar surface area (TPSA) is 41.6 Å². The summed E-state index contributed by atoms with van der Waals surface area (Å²) < 4.78 is 5.41. The van der Waals surface area contributed by atoms with Gasteiger partial charge in [-0.2, -0.15) is 0 Å². The summed E-state index contributed by atoms with van der Waals surface area (Å²) in [6.07, 6.45) is 4.27. The number of fused-ring (bicyclic) bond motifs is 2. The van der Waals surface area contributed by atoms with Gasteiger partial charge in [-0.3, -0.25) is 0 Å². The Balaban J connectivity index is 0.000000186. The highest BCUT2D eigenvalue weighted by Crippen LogP contribution is 2.35. The molecule has 1 amide bonds. The van der Waals surface area contributed by atoms with Crippen LogP contribution in [0.15, 0.2) is 48.5 Å². The van der Waals surface area contributed by atoms with E-state index in [2.05, 4.69) is 47.8 Å². The van der Waals surface area contributed by atoms with E-state index >= 15 is 0 Å². The van der Waals surface area contributed by atoms with Gasteiger partial charge in [0.15, 0.2) is 0 Å². The molecule has 0 saturated carbocycles. The van der Waals surface area contributed by atoms with E-state index < -0.39 is 5.60 Å². The highest BCUT2D eigenvalue weighted by Gasteiger charge is 2.30. The third kappa shape index (κ3) is 5.18. The Bertz CT molecular complexity index is 841. The van der Waals surface area contributed by atoms with Crippen LogP contribution in [-0.4, -0.2) is 30.7 Å². The molecular formula is C25H34N2O2. The Morgan fingerprint density at radius 2 is 1.52 bits per heavy atom. The molecule has 1 unspecified atom stereocenters. The average Bonchev–Trinajstić information content (AvgIpc) is 3.30. The van der Waals surface area contributed by atoms with Gasteiger partial charge in [0.25, 0.3) is 0 Å². The minimum absolute atomic E-state index is 0.149. The molecule has 0 bridgehead atoms. The molecule has 0 aromatic heterocycles. The van der Waals surface area contributed by atoms with Gasteiger partial charge >= 0.3 is 6.09 Å². The standard InChI is InChI=1S/C15H21NO2.C10H13N/c1-15(2,3)18-14(17)16(4)13-10-9-11-7-5-6-8-12(11)13;1-11-10-7-6-8-4-2-3-5-9(8)10/h5-8,13H,9-10H2,1-4H3;2-5,10-11H,6-7H2,1H3/t13-;/m1./s1. The van der Waals surface area contributed by atoms with Gasteiger partial charge in [0, 0.05) is 13.1 Å². The molecule has 29 heavy (non-hydrogen) atoms. The van der Waals surface area contributed by atoms with Crippen molar-refractivity contribution < 1.29 is 9.53 Å². The molecule has 0 saturated heterocycles. The molecule has 2 aliphatic rings. The first-order valence-corrected chi connectivity index (χ1v) is 10.6. The van der Waals surface area contributed by atoms with Gasteiger partial charge in [-0.05, 0) is 75.8 Å². The van der Waals surface area contributed by atoms with Crippen LogP contribution in [0.2, 0.25) is 0 Å². The van der Waals surface area contributed by atoms with Crippen molar-refractivity contribution in [3.8, 4) is 0 Å². The summed E-state index contributed by atoms with van der Waals surface area (Å²) >= 11 is 0. The third-order valence-corrected chi connectivity index (χ3v) is 5.73. The lowest BCUT2D eigenvalue weighted by Gasteiger charge is -2.29. The summed E-state index contributed by atoms with van der Waals surface area (Å²) in [5.74, 6) is 0. The Labute approximate surface area is 175 Å². The van der Waals surface area contributed by atoms with Crippen molar-refractivity contribution in [3.63, 3.8) is 0 Å². The van der Waals surface area contributed by atoms with Crippen molar-refractivity contribution in [1.29, 1.82) is 0 Å². The average molecular weight is 395 g/mol. The highest BCUT2D eigenvalue weighted by atomic mass is 16.6. The number of aryl methyl sites for hydroxylation is 2. The summed E-state index contributed by atoms with van der Waals surface area (Å²) in [5.41, 5.74) is 5.18. The number of nitrogens with one attached hydrogen (secondary N) is 1. The fourth-order valence-electron chi connectivity index (χ4n) is 4.26. The van der Waals surface area contributed by atoms with Crippen molar-refractivity contribution in [2.45, 2.75) is 64.1 Å². The zero-order valence-electron chi connectivity index (χ0n) is 18.4. The van der Waals surface area contributed by atoms with E-state index in [1.54, 1.807) is 4.90 Å². The van der Waals surface area contributed by atoms with E-state index in [9.17, 15) is 4.79 Å². The Morgan fingerprint density at radius 3 is 2.14 bits per heavy atom. The first-order chi connectivity index (χ1) is 13.8. The molecule has 156 valence electrons. The van der Waals surface area contributed by atoms with Gasteiger partial charge in [0.1, 0.15) is 5.60 Å². The van der Waals surface area contributed by atoms with Crippen LogP contribution in [0.25, 0.3) is 0 Å². The quantitative estimate of drug-likeness (QED) is 0.738. The largest absolute Gasteiger partial charge is 0.444 e. The van der Waals surface area contributed by atoms with Crippen LogP contribution in [0.3, 0.4) is 0 Å². The summed E-state index contributed by atoms with van der Waals surface area (Å²) in [4.78, 5) is 13.8. The predicted octanol–water partition coefficient (Wildman–Crippen LogP) is 5.43. The van der Waals surface area contributed by atoms with Gasteiger partial charge < -0.3 is 15.0 Å². The number of carbonyl (C=O) groups excluding carboxylic acids is 1. The molecule has 4 rings (SSSR count). The Hall–Kier alpha value is -2.33. The minimum Gasteiger partial charge on any atom is -0.444 e. The van der Waals surface area contributed by atoms with Gasteiger partial charge in [0.05, 0.1) is 6.04 Å². The summed E-state index contributed by atoms with van der Waals surface area (Å²) in [7, 11) is 3.85. The van der Waals surface area contributed by atoms with Gasteiger partial charge in [0.2, 0.25) is 0 Å². The van der Waals surface area contributed by atoms with Crippen molar-refractivity contribution in [3.05, 3.63) is 70.8 Å². The summed E-state index contributed by atoms with van der Waals surface area (Å²) in [6.45, 7) is 5.67. The van der Waals surface area contributed by atoms with Crippen LogP contribution in [0, 0.1) is 0 Å². The number of nitrogens with zero attached hydrogens (tertiary/aromatic N) is 1. The number of amides is 1. The molecule has 0 radical (unpaired) electrons. The molecule has 0 spiro atoms. The lowest BCUT2D eigenvalue weighted by molar-refractivity contribution is 0.0220. The van der Waals surface area contributed by atoms with Gasteiger partial charge in [-0.15, -0.1) is 0 Å². The maximum absolute atomic E-state index is 12.1. The molecule has 2 atom stereocenters. The molecule has 2 aromatic rings. The van der Waals surface area contributed by atoms with E-state index in [0.717, 1.165) is 12.8 Å². The molecule has 0 fully saturated rings. The minimum atomic E-state index is -0.441. The highest BCUT2D eigenvalue weighted by molar-refractivity contribution is 5.68. The predicted molar refractivity (Wildman–Crippen MR) is 118 cm³/mol. The van der Waals surface area contributed by atoms with Crippen molar-refractivity contribution in [1.82, 2.24) is 10.2 Å². The number of hydrogen-bond acceptors (Lipinski definition) is 3. The molecular weight excluding hydrogens is 360 g/mol. The Morgan fingerprint density at radius 1 is 0.966 bits per heavy atom. The monoisotopic (exact) mass is 394 g/mol. The smallest absolute Gasteiger partial charge is 0.410 e. The number of hydrogen-bond donors (Lipinski definition) is 1. The maximum Gasteiger partial charge on any atom is 0.410 e. The Kier molecular flexibility index (Phi) is 6.63. The number of ether oxygens (including phenoxy) is 1. The van der Waals surface area contributed by atoms with Gasteiger partial charge in [-0.1, -0.05) is 48.5 Å². The van der Waals surface area contributed by atoms with E-state index in [4.69, 9.17) is 4.74 Å². The van der Waals surface area contributed by atoms with Crippen LogP contribution in [-0.2, 0) is 17.6 Å². The number of rotatable bonds is 2. The third-order valence-electron chi connectivity index (χ3n) is 5.73. The SMILES string of the molecule is CN(C(=O)OC(C)(C)C)[C@@H]1CCc2ccccc21.CNC1CCc2ccccc21. The van der Waals surface area contributed by atoms with Crippen molar-refractivity contribution >= 4 is 6.09 Å². The zero-order chi connectivity index (χ0) is 21.0. The maximum atomic E-state index is 12.1. The van der Waals surface area contributed by atoms with Crippen LogP contribution in [0.4, 0.5) is 4.79 Å². The zero-order valence-corrected chi connectivity index (χ0v) is 18.4. The first-order valence-electron chi connectivity index (χ1n) is 10.6. The lowest BCUT2D eigenvalue weighted by atomic mass is 10.1. The molecule has 4 nitrogen and oxygen atoms in total. The summed E-state index contributed by atoms with van der Waals surface area (Å²) in [6, 6.07) is 17.8. The molecule has 0 aliphatic heterocycles. The van der Waals surface area contributed by atoms with Crippen molar-refractivity contribution in [2.75, 3.05) is 14.1 Å². The lowest BCUT2D eigenvalue weighted by Crippen LogP contribution is -2.36. The molecule has 4 heteroatoms.